The van der Waals surface area contributed by atoms with Crippen LogP contribution < -0.4 is 10.6 Å². The summed E-state index contributed by atoms with van der Waals surface area (Å²) in [5, 5.41) is 9.56. The van der Waals surface area contributed by atoms with Crippen LogP contribution in [0.3, 0.4) is 0 Å². The molecule has 0 radical (unpaired) electrons. The average molecular weight is 330 g/mol. The van der Waals surface area contributed by atoms with Crippen molar-refractivity contribution in [3.63, 3.8) is 0 Å². The number of nitrogens with one attached hydrogen (secondary N) is 2. The van der Waals surface area contributed by atoms with Gasteiger partial charge < -0.3 is 19.9 Å². The summed E-state index contributed by atoms with van der Waals surface area (Å²) in [6, 6.07) is 7.05. The molecule has 1 aliphatic heterocycles. The number of aromatic nitrogens is 2. The predicted molar refractivity (Wildman–Crippen MR) is 89.8 cm³/mol. The number of ether oxygens (including phenoxy) is 1. The molecule has 1 aliphatic rings. The molecule has 2 amide bonds. The highest BCUT2D eigenvalue weighted by molar-refractivity contribution is 5.89. The largest absolute Gasteiger partial charge is 0.376 e. The lowest BCUT2D eigenvalue weighted by molar-refractivity contribution is 0.112. The van der Waals surface area contributed by atoms with Gasteiger partial charge in [0.25, 0.3) is 5.89 Å². The minimum Gasteiger partial charge on any atom is -0.376 e. The molecule has 0 bridgehead atoms. The van der Waals surface area contributed by atoms with Crippen LogP contribution in [0, 0.1) is 0 Å². The van der Waals surface area contributed by atoms with Gasteiger partial charge in [0, 0.05) is 30.3 Å². The van der Waals surface area contributed by atoms with Crippen LogP contribution in [-0.4, -0.2) is 35.4 Å². The lowest BCUT2D eigenvalue weighted by atomic mass is 10.2. The quantitative estimate of drug-likeness (QED) is 0.879. The third-order valence-corrected chi connectivity index (χ3v) is 3.86. The van der Waals surface area contributed by atoms with Crippen LogP contribution in [-0.2, 0) is 4.74 Å². The summed E-state index contributed by atoms with van der Waals surface area (Å²) >= 11 is 0. The van der Waals surface area contributed by atoms with E-state index in [1.165, 1.54) is 0 Å². The molecule has 1 atom stereocenters. The van der Waals surface area contributed by atoms with Crippen molar-refractivity contribution in [3.05, 3.63) is 30.1 Å². The first kappa shape index (κ1) is 16.4. The fourth-order valence-electron chi connectivity index (χ4n) is 2.47. The summed E-state index contributed by atoms with van der Waals surface area (Å²) in [5.41, 5.74) is 1.52. The molecular formula is C17H22N4O3. The van der Waals surface area contributed by atoms with Crippen LogP contribution in [0.1, 0.15) is 38.4 Å². The van der Waals surface area contributed by atoms with Crippen LogP contribution in [0.15, 0.2) is 28.8 Å². The van der Waals surface area contributed by atoms with Crippen molar-refractivity contribution in [1.29, 1.82) is 0 Å². The molecule has 1 fully saturated rings. The lowest BCUT2D eigenvalue weighted by Crippen LogP contribution is -2.34. The van der Waals surface area contributed by atoms with E-state index in [0.29, 0.717) is 23.9 Å². The van der Waals surface area contributed by atoms with Crippen LogP contribution in [0.5, 0.6) is 0 Å². The molecule has 1 aromatic carbocycles. The first-order valence-electron chi connectivity index (χ1n) is 8.22. The zero-order valence-corrected chi connectivity index (χ0v) is 13.9. The molecule has 0 saturated carbocycles. The molecule has 7 heteroatoms. The Bertz CT molecular complexity index is 675. The Hall–Kier alpha value is -2.41. The molecular weight excluding hydrogens is 308 g/mol. The van der Waals surface area contributed by atoms with E-state index >= 15 is 0 Å². The van der Waals surface area contributed by atoms with E-state index in [1.807, 2.05) is 26.0 Å². The number of hydrogen-bond donors (Lipinski definition) is 2. The maximum absolute atomic E-state index is 11.9. The summed E-state index contributed by atoms with van der Waals surface area (Å²) in [6.07, 6.45) is 2.19. The Morgan fingerprint density at radius 3 is 2.75 bits per heavy atom. The van der Waals surface area contributed by atoms with Gasteiger partial charge in [-0.3, -0.25) is 0 Å². The van der Waals surface area contributed by atoms with Gasteiger partial charge in [-0.25, -0.2) is 4.79 Å². The smallest absolute Gasteiger partial charge is 0.319 e. The monoisotopic (exact) mass is 330 g/mol. The van der Waals surface area contributed by atoms with E-state index in [0.717, 1.165) is 25.0 Å². The van der Waals surface area contributed by atoms with Gasteiger partial charge in [0.1, 0.15) is 0 Å². The van der Waals surface area contributed by atoms with Gasteiger partial charge in [-0.05, 0) is 37.1 Å². The minimum atomic E-state index is -0.238. The molecule has 1 saturated heterocycles. The number of hydrogen-bond acceptors (Lipinski definition) is 5. The Labute approximate surface area is 140 Å². The molecule has 1 aromatic heterocycles. The summed E-state index contributed by atoms with van der Waals surface area (Å²) in [6.45, 7) is 5.33. The number of urea groups is 1. The number of amides is 2. The van der Waals surface area contributed by atoms with E-state index in [9.17, 15) is 4.79 Å². The Kier molecular flexibility index (Phi) is 5.10. The van der Waals surface area contributed by atoms with Gasteiger partial charge in [0.15, 0.2) is 5.82 Å². The standard InChI is InChI=1S/C17H22N4O3/c1-11(2)15-20-16(24-21-15)12-5-7-13(8-6-12)19-17(22)18-10-14-4-3-9-23-14/h5-8,11,14H,3-4,9-10H2,1-2H3,(H2,18,19,22)/t14-/m1/s1. The summed E-state index contributed by atoms with van der Waals surface area (Å²) in [7, 11) is 0. The van der Waals surface area contributed by atoms with Crippen molar-refractivity contribution in [1.82, 2.24) is 15.5 Å². The molecule has 0 spiro atoms. The number of rotatable bonds is 5. The van der Waals surface area contributed by atoms with E-state index in [1.54, 1.807) is 12.1 Å². The summed E-state index contributed by atoms with van der Waals surface area (Å²) in [4.78, 5) is 16.2. The highest BCUT2D eigenvalue weighted by Gasteiger charge is 2.16. The number of benzene rings is 1. The number of carbonyl (C=O) groups excluding carboxylic acids is 1. The summed E-state index contributed by atoms with van der Waals surface area (Å²) in [5.74, 6) is 1.38. The number of anilines is 1. The maximum Gasteiger partial charge on any atom is 0.319 e. The van der Waals surface area contributed by atoms with Gasteiger partial charge in [0.05, 0.1) is 6.10 Å². The van der Waals surface area contributed by atoms with Gasteiger partial charge in [-0.15, -0.1) is 0 Å². The second kappa shape index (κ2) is 7.44. The fraction of sp³-hybridized carbons (Fsp3) is 0.471. The third-order valence-electron chi connectivity index (χ3n) is 3.86. The normalized spacial score (nSPS) is 17.2. The van der Waals surface area contributed by atoms with Crippen molar-refractivity contribution in [2.24, 2.45) is 0 Å². The molecule has 2 heterocycles. The van der Waals surface area contributed by atoms with E-state index in [4.69, 9.17) is 9.26 Å². The molecule has 128 valence electrons. The Morgan fingerprint density at radius 2 is 2.12 bits per heavy atom. The lowest BCUT2D eigenvalue weighted by Gasteiger charge is -2.11. The zero-order valence-electron chi connectivity index (χ0n) is 13.9. The highest BCUT2D eigenvalue weighted by atomic mass is 16.5. The first-order valence-corrected chi connectivity index (χ1v) is 8.22. The highest BCUT2D eigenvalue weighted by Crippen LogP contribution is 2.21. The second-order valence-corrected chi connectivity index (χ2v) is 6.16. The average Bonchev–Trinajstić information content (AvgIpc) is 3.25. The molecule has 0 aliphatic carbocycles. The third kappa shape index (κ3) is 4.11. The predicted octanol–water partition coefficient (Wildman–Crippen LogP) is 3.16. The van der Waals surface area contributed by atoms with Gasteiger partial charge in [-0.1, -0.05) is 19.0 Å². The van der Waals surface area contributed by atoms with E-state index in [2.05, 4.69) is 20.8 Å². The van der Waals surface area contributed by atoms with Crippen LogP contribution in [0.4, 0.5) is 10.5 Å². The zero-order chi connectivity index (χ0) is 16.9. The Balaban J connectivity index is 1.54. The van der Waals surface area contributed by atoms with E-state index in [-0.39, 0.29) is 18.1 Å². The van der Waals surface area contributed by atoms with Crippen molar-refractivity contribution in [2.45, 2.75) is 38.7 Å². The topological polar surface area (TPSA) is 89.3 Å². The second-order valence-electron chi connectivity index (χ2n) is 6.16. The van der Waals surface area contributed by atoms with Crippen molar-refractivity contribution >= 4 is 11.7 Å². The van der Waals surface area contributed by atoms with Crippen molar-refractivity contribution in [2.75, 3.05) is 18.5 Å². The molecule has 2 aromatic rings. The molecule has 0 unspecified atom stereocenters. The van der Waals surface area contributed by atoms with Crippen LogP contribution >= 0.6 is 0 Å². The van der Waals surface area contributed by atoms with Crippen molar-refractivity contribution in [3.8, 4) is 11.5 Å². The van der Waals surface area contributed by atoms with Gasteiger partial charge in [0.2, 0.25) is 0 Å². The fourth-order valence-corrected chi connectivity index (χ4v) is 2.47. The minimum absolute atomic E-state index is 0.130. The maximum atomic E-state index is 11.9. The number of carbonyl (C=O) groups is 1. The van der Waals surface area contributed by atoms with Gasteiger partial charge >= 0.3 is 6.03 Å². The van der Waals surface area contributed by atoms with Gasteiger partial charge in [-0.2, -0.15) is 4.98 Å². The summed E-state index contributed by atoms with van der Waals surface area (Å²) < 4.78 is 10.7. The van der Waals surface area contributed by atoms with Crippen molar-refractivity contribution < 1.29 is 14.1 Å². The number of nitrogens with zero attached hydrogens (tertiary/aromatic N) is 2. The molecule has 3 rings (SSSR count). The van der Waals surface area contributed by atoms with Crippen LogP contribution in [0.2, 0.25) is 0 Å². The molecule has 2 N–H and O–H groups in total. The molecule has 24 heavy (non-hydrogen) atoms. The van der Waals surface area contributed by atoms with E-state index < -0.39 is 0 Å². The Morgan fingerprint density at radius 1 is 1.33 bits per heavy atom. The van der Waals surface area contributed by atoms with Crippen LogP contribution in [0.25, 0.3) is 11.5 Å². The first-order chi connectivity index (χ1) is 11.6. The SMILES string of the molecule is CC(C)c1noc(-c2ccc(NC(=O)NC[C@H]3CCCO3)cc2)n1. The molecule has 7 nitrogen and oxygen atoms in total.